The average molecular weight is 341 g/mol. The van der Waals surface area contributed by atoms with Crippen molar-refractivity contribution >= 4 is 17.5 Å². The van der Waals surface area contributed by atoms with Crippen LogP contribution in [0.15, 0.2) is 42.6 Å². The highest BCUT2D eigenvalue weighted by Crippen LogP contribution is 2.33. The summed E-state index contributed by atoms with van der Waals surface area (Å²) in [7, 11) is 0. The van der Waals surface area contributed by atoms with Crippen molar-refractivity contribution in [3.05, 3.63) is 54.1 Å². The van der Waals surface area contributed by atoms with Crippen molar-refractivity contribution in [2.75, 3.05) is 4.90 Å². The van der Waals surface area contributed by atoms with E-state index >= 15 is 0 Å². The highest BCUT2D eigenvalue weighted by Gasteiger charge is 2.39. The summed E-state index contributed by atoms with van der Waals surface area (Å²) in [5.41, 5.74) is 1.16. The molecule has 25 heavy (non-hydrogen) atoms. The minimum absolute atomic E-state index is 0.145. The number of benzene rings is 1. The van der Waals surface area contributed by atoms with E-state index in [0.717, 1.165) is 31.4 Å². The van der Waals surface area contributed by atoms with Gasteiger partial charge in [-0.05, 0) is 43.2 Å². The predicted octanol–water partition coefficient (Wildman–Crippen LogP) is 2.77. The van der Waals surface area contributed by atoms with Gasteiger partial charge >= 0.3 is 0 Å². The second-order valence-electron chi connectivity index (χ2n) is 6.70. The van der Waals surface area contributed by atoms with E-state index in [9.17, 15) is 14.0 Å². The molecule has 0 spiro atoms. The van der Waals surface area contributed by atoms with Crippen molar-refractivity contribution in [1.29, 1.82) is 0 Å². The van der Waals surface area contributed by atoms with Crippen LogP contribution in [-0.2, 0) is 16.1 Å². The fourth-order valence-electron chi connectivity index (χ4n) is 3.84. The van der Waals surface area contributed by atoms with Crippen molar-refractivity contribution in [3.8, 4) is 0 Å². The van der Waals surface area contributed by atoms with E-state index in [0.29, 0.717) is 5.69 Å². The molecule has 1 atom stereocenters. The van der Waals surface area contributed by atoms with Gasteiger partial charge in [-0.3, -0.25) is 14.5 Å². The fourth-order valence-corrected chi connectivity index (χ4v) is 3.84. The Labute approximate surface area is 145 Å². The number of fused-ring (bicyclic) bond motifs is 1. The number of rotatable bonds is 3. The number of nitrogens with zero attached hydrogens (tertiary/aromatic N) is 2. The topological polar surface area (TPSA) is 54.3 Å². The highest BCUT2D eigenvalue weighted by atomic mass is 19.1. The molecule has 1 N–H and O–H groups in total. The van der Waals surface area contributed by atoms with Gasteiger partial charge in [0.25, 0.3) is 0 Å². The zero-order valence-corrected chi connectivity index (χ0v) is 13.8. The lowest BCUT2D eigenvalue weighted by Crippen LogP contribution is -2.50. The van der Waals surface area contributed by atoms with Gasteiger partial charge in [0.05, 0.1) is 5.69 Å². The normalized spacial score (nSPS) is 20.6. The lowest BCUT2D eigenvalue weighted by Gasteiger charge is -2.36. The molecule has 1 aliphatic heterocycles. The number of amides is 2. The highest BCUT2D eigenvalue weighted by molar-refractivity contribution is 6.02. The summed E-state index contributed by atoms with van der Waals surface area (Å²) in [6.07, 6.45) is 5.95. The van der Waals surface area contributed by atoms with Crippen molar-refractivity contribution in [2.45, 2.75) is 44.3 Å². The number of aromatic nitrogens is 1. The van der Waals surface area contributed by atoms with E-state index in [1.165, 1.54) is 17.0 Å². The van der Waals surface area contributed by atoms with E-state index in [2.05, 4.69) is 5.32 Å². The summed E-state index contributed by atoms with van der Waals surface area (Å²) in [6.45, 7) is 0.145. The summed E-state index contributed by atoms with van der Waals surface area (Å²) in [5.74, 6) is -0.855. The third-order valence-corrected chi connectivity index (χ3v) is 5.01. The quantitative estimate of drug-likeness (QED) is 0.933. The molecule has 1 saturated carbocycles. The SMILES string of the molecule is O=C(NC1CCCC1)C1c2cccn2CC(=O)N1c1cccc(F)c1. The molecule has 0 radical (unpaired) electrons. The lowest BCUT2D eigenvalue weighted by atomic mass is 10.1. The second kappa shape index (κ2) is 6.35. The molecule has 1 unspecified atom stereocenters. The Bertz CT molecular complexity index is 811. The van der Waals surface area contributed by atoms with Crippen molar-refractivity contribution < 1.29 is 14.0 Å². The smallest absolute Gasteiger partial charge is 0.249 e. The van der Waals surface area contributed by atoms with Crippen LogP contribution in [0.2, 0.25) is 0 Å². The zero-order valence-electron chi connectivity index (χ0n) is 13.8. The molecule has 5 nitrogen and oxygen atoms in total. The van der Waals surface area contributed by atoms with Gasteiger partial charge < -0.3 is 9.88 Å². The van der Waals surface area contributed by atoms with Gasteiger partial charge in [-0.2, -0.15) is 0 Å². The number of carbonyl (C=O) groups excluding carboxylic acids is 2. The molecule has 2 aliphatic rings. The summed E-state index contributed by atoms with van der Waals surface area (Å²) < 4.78 is 15.5. The van der Waals surface area contributed by atoms with Crippen molar-refractivity contribution in [1.82, 2.24) is 9.88 Å². The zero-order chi connectivity index (χ0) is 17.4. The first-order chi connectivity index (χ1) is 12.1. The molecule has 1 aromatic carbocycles. The monoisotopic (exact) mass is 341 g/mol. The summed E-state index contributed by atoms with van der Waals surface area (Å²) >= 11 is 0. The van der Waals surface area contributed by atoms with Gasteiger partial charge in [-0.25, -0.2) is 4.39 Å². The minimum atomic E-state index is -0.779. The molecule has 4 rings (SSSR count). The van der Waals surface area contributed by atoms with Gasteiger partial charge in [0.2, 0.25) is 11.8 Å². The van der Waals surface area contributed by atoms with Gasteiger partial charge in [0, 0.05) is 17.9 Å². The lowest BCUT2D eigenvalue weighted by molar-refractivity contribution is -0.128. The fraction of sp³-hybridized carbons (Fsp3) is 0.368. The maximum Gasteiger partial charge on any atom is 0.249 e. The van der Waals surface area contributed by atoms with E-state index < -0.39 is 11.9 Å². The molecule has 130 valence electrons. The molecule has 1 aromatic heterocycles. The minimum Gasteiger partial charge on any atom is -0.351 e. The molecular weight excluding hydrogens is 321 g/mol. The van der Waals surface area contributed by atoms with Crippen LogP contribution < -0.4 is 10.2 Å². The molecule has 1 aliphatic carbocycles. The van der Waals surface area contributed by atoms with Gasteiger partial charge in [-0.1, -0.05) is 18.9 Å². The van der Waals surface area contributed by atoms with Crippen LogP contribution in [0.25, 0.3) is 0 Å². The van der Waals surface area contributed by atoms with Crippen LogP contribution >= 0.6 is 0 Å². The maximum atomic E-state index is 13.7. The largest absolute Gasteiger partial charge is 0.351 e. The second-order valence-corrected chi connectivity index (χ2v) is 6.70. The summed E-state index contributed by atoms with van der Waals surface area (Å²) in [5, 5.41) is 3.07. The number of anilines is 1. The number of nitrogens with one attached hydrogen (secondary N) is 1. The molecule has 0 bridgehead atoms. The van der Waals surface area contributed by atoms with Crippen molar-refractivity contribution in [2.24, 2.45) is 0 Å². The molecule has 1 fully saturated rings. The van der Waals surface area contributed by atoms with Crippen LogP contribution in [0.1, 0.15) is 37.4 Å². The molecule has 2 heterocycles. The van der Waals surface area contributed by atoms with E-state index in [1.807, 2.05) is 12.1 Å². The molecular formula is C19H20FN3O2. The van der Waals surface area contributed by atoms with Crippen LogP contribution in [0, 0.1) is 5.82 Å². The number of hydrogen-bond donors (Lipinski definition) is 1. The Balaban J connectivity index is 1.72. The van der Waals surface area contributed by atoms with Crippen LogP contribution in [0.3, 0.4) is 0 Å². The molecule has 2 amide bonds. The first kappa shape index (κ1) is 15.9. The Kier molecular flexibility index (Phi) is 4.03. The Morgan fingerprint density at radius 2 is 1.96 bits per heavy atom. The molecule has 6 heteroatoms. The van der Waals surface area contributed by atoms with E-state index in [4.69, 9.17) is 0 Å². The van der Waals surface area contributed by atoms with E-state index in [-0.39, 0.29) is 24.4 Å². The van der Waals surface area contributed by atoms with E-state index in [1.54, 1.807) is 22.9 Å². The summed E-state index contributed by atoms with van der Waals surface area (Å²) in [4.78, 5) is 27.2. The average Bonchev–Trinajstić information content (AvgIpc) is 3.24. The number of hydrogen-bond acceptors (Lipinski definition) is 2. The maximum absolute atomic E-state index is 13.7. The third-order valence-electron chi connectivity index (χ3n) is 5.01. The first-order valence-electron chi connectivity index (χ1n) is 8.66. The summed E-state index contributed by atoms with van der Waals surface area (Å²) in [6, 6.07) is 8.89. The standard InChI is InChI=1S/C19H20FN3O2/c20-13-5-3-8-15(11-13)23-17(24)12-22-10-4-9-16(22)18(23)19(25)21-14-6-1-2-7-14/h3-5,8-11,14,18H,1-2,6-7,12H2,(H,21,25). The predicted molar refractivity (Wildman–Crippen MR) is 91.5 cm³/mol. The van der Waals surface area contributed by atoms with Crippen LogP contribution in [-0.4, -0.2) is 22.4 Å². The number of carbonyl (C=O) groups is 2. The molecule has 2 aromatic rings. The van der Waals surface area contributed by atoms with Crippen LogP contribution in [0.4, 0.5) is 10.1 Å². The van der Waals surface area contributed by atoms with Gasteiger partial charge in [0.1, 0.15) is 12.4 Å². The number of halogens is 1. The first-order valence-corrected chi connectivity index (χ1v) is 8.66. The van der Waals surface area contributed by atoms with Crippen molar-refractivity contribution in [3.63, 3.8) is 0 Å². The Morgan fingerprint density at radius 3 is 2.72 bits per heavy atom. The van der Waals surface area contributed by atoms with Gasteiger partial charge in [-0.15, -0.1) is 0 Å². The Hall–Kier alpha value is -2.63. The third kappa shape index (κ3) is 2.92. The molecule has 0 saturated heterocycles. The van der Waals surface area contributed by atoms with Gasteiger partial charge in [0.15, 0.2) is 6.04 Å². The van der Waals surface area contributed by atoms with Crippen LogP contribution in [0.5, 0.6) is 0 Å². The Morgan fingerprint density at radius 1 is 1.16 bits per heavy atom.